The highest BCUT2D eigenvalue weighted by molar-refractivity contribution is 6.31. The summed E-state index contributed by atoms with van der Waals surface area (Å²) in [6.07, 6.45) is 2.62. The number of fused-ring (bicyclic) bond motifs is 2. The molecule has 3 aliphatic rings. The van der Waals surface area contributed by atoms with E-state index >= 15 is 0 Å². The van der Waals surface area contributed by atoms with Crippen molar-refractivity contribution in [1.29, 1.82) is 0 Å². The minimum atomic E-state index is -0.596. The molecule has 2 aromatic rings. The maximum atomic E-state index is 13.5. The minimum Gasteiger partial charge on any atom is -0.484 e. The largest absolute Gasteiger partial charge is 0.484 e. The number of carbonyl (C=O) groups is 2. The van der Waals surface area contributed by atoms with E-state index in [1.54, 1.807) is 24.3 Å². The summed E-state index contributed by atoms with van der Waals surface area (Å²) < 4.78 is 18.8. The van der Waals surface area contributed by atoms with Crippen molar-refractivity contribution in [2.45, 2.75) is 31.3 Å². The Morgan fingerprint density at radius 2 is 1.63 bits per heavy atom. The number of nitrogens with one attached hydrogen (secondary N) is 2. The number of carbonyl (C=O) groups excluding carboxylic acids is 2. The van der Waals surface area contributed by atoms with Crippen LogP contribution < -0.4 is 15.4 Å². The van der Waals surface area contributed by atoms with Crippen molar-refractivity contribution in [3.05, 3.63) is 63.9 Å². The standard InChI is InChI=1S/C22H21Cl2FN2O3/c23-15-3-1-12(2-4-15)22(29)27-20-10-19(13-7-14(20)8-13)26-21(28)11-30-16-5-6-17(24)18(25)9-16/h1-6,9,13-14,19-20H,7-8,10-11H2,(H,26,28)(H,27,29). The molecule has 2 bridgehead atoms. The summed E-state index contributed by atoms with van der Waals surface area (Å²) in [5, 5.41) is 6.68. The summed E-state index contributed by atoms with van der Waals surface area (Å²) in [4.78, 5) is 24.9. The summed E-state index contributed by atoms with van der Waals surface area (Å²) in [6, 6.07) is 10.8. The van der Waals surface area contributed by atoms with E-state index in [-0.39, 0.29) is 41.3 Å². The summed E-state index contributed by atoms with van der Waals surface area (Å²) in [6.45, 7) is -0.213. The molecule has 0 saturated heterocycles. The lowest BCUT2D eigenvalue weighted by atomic mass is 9.60. The van der Waals surface area contributed by atoms with Crippen molar-refractivity contribution in [2.24, 2.45) is 11.8 Å². The first-order chi connectivity index (χ1) is 14.4. The van der Waals surface area contributed by atoms with Gasteiger partial charge in [-0.2, -0.15) is 0 Å². The summed E-state index contributed by atoms with van der Waals surface area (Å²) in [5.74, 6) is 0.0844. The monoisotopic (exact) mass is 450 g/mol. The van der Waals surface area contributed by atoms with Crippen molar-refractivity contribution in [1.82, 2.24) is 10.6 Å². The van der Waals surface area contributed by atoms with E-state index in [0.29, 0.717) is 28.8 Å². The molecule has 158 valence electrons. The van der Waals surface area contributed by atoms with Crippen molar-refractivity contribution in [2.75, 3.05) is 6.61 Å². The average Bonchev–Trinajstić information content (AvgIpc) is 2.68. The van der Waals surface area contributed by atoms with Crippen LogP contribution in [0.2, 0.25) is 10.0 Å². The summed E-state index contributed by atoms with van der Waals surface area (Å²) in [7, 11) is 0. The Bertz CT molecular complexity index is 948. The zero-order valence-electron chi connectivity index (χ0n) is 16.0. The molecule has 8 heteroatoms. The van der Waals surface area contributed by atoms with E-state index in [1.165, 1.54) is 12.1 Å². The summed E-state index contributed by atoms with van der Waals surface area (Å²) in [5.41, 5.74) is 0.560. The van der Waals surface area contributed by atoms with Crippen LogP contribution in [0.5, 0.6) is 5.75 Å². The van der Waals surface area contributed by atoms with Crippen LogP contribution in [0.3, 0.4) is 0 Å². The summed E-state index contributed by atoms with van der Waals surface area (Å²) >= 11 is 11.5. The van der Waals surface area contributed by atoms with E-state index in [0.717, 1.165) is 18.9 Å². The number of hydrogen-bond donors (Lipinski definition) is 2. The third-order valence-electron chi connectivity index (χ3n) is 5.89. The van der Waals surface area contributed by atoms with Crippen LogP contribution in [0, 0.1) is 17.7 Å². The highest BCUT2D eigenvalue weighted by Gasteiger charge is 2.46. The average molecular weight is 451 g/mol. The molecule has 0 radical (unpaired) electrons. The molecular formula is C22H21Cl2FN2O3. The van der Waals surface area contributed by atoms with Gasteiger partial charge in [-0.15, -0.1) is 0 Å². The lowest BCUT2D eigenvalue weighted by Gasteiger charge is -2.51. The fourth-order valence-electron chi connectivity index (χ4n) is 4.19. The van der Waals surface area contributed by atoms with Crippen molar-refractivity contribution < 1.29 is 18.7 Å². The highest BCUT2D eigenvalue weighted by atomic mass is 35.5. The molecule has 5 rings (SSSR count). The molecule has 0 aromatic heterocycles. The zero-order chi connectivity index (χ0) is 21.3. The molecule has 2 atom stereocenters. The van der Waals surface area contributed by atoms with Gasteiger partial charge in [0.05, 0.1) is 5.02 Å². The van der Waals surface area contributed by atoms with Crippen molar-refractivity contribution in [3.63, 3.8) is 0 Å². The van der Waals surface area contributed by atoms with E-state index < -0.39 is 5.82 Å². The third-order valence-corrected chi connectivity index (χ3v) is 6.45. The Labute approximate surface area is 183 Å². The number of benzene rings is 2. The van der Waals surface area contributed by atoms with Crippen LogP contribution in [-0.2, 0) is 4.79 Å². The van der Waals surface area contributed by atoms with Gasteiger partial charge in [0.2, 0.25) is 0 Å². The van der Waals surface area contributed by atoms with Gasteiger partial charge in [0.15, 0.2) is 6.61 Å². The van der Waals surface area contributed by atoms with Crippen LogP contribution in [0.1, 0.15) is 29.6 Å². The molecule has 2 unspecified atom stereocenters. The molecular weight excluding hydrogens is 430 g/mol. The Hall–Kier alpha value is -2.31. The second-order valence-electron chi connectivity index (χ2n) is 7.85. The quantitative estimate of drug-likeness (QED) is 0.691. The smallest absolute Gasteiger partial charge is 0.258 e. The van der Waals surface area contributed by atoms with Gasteiger partial charge in [-0.3, -0.25) is 9.59 Å². The Morgan fingerprint density at radius 3 is 2.30 bits per heavy atom. The van der Waals surface area contributed by atoms with Crippen LogP contribution in [-0.4, -0.2) is 30.5 Å². The first-order valence-electron chi connectivity index (χ1n) is 9.82. The molecule has 2 amide bonds. The molecule has 3 fully saturated rings. The van der Waals surface area contributed by atoms with Gasteiger partial charge in [-0.25, -0.2) is 4.39 Å². The van der Waals surface area contributed by atoms with Gasteiger partial charge < -0.3 is 15.4 Å². The predicted octanol–water partition coefficient (Wildman–Crippen LogP) is 4.22. The fraction of sp³-hybridized carbons (Fsp3) is 0.364. The maximum Gasteiger partial charge on any atom is 0.258 e. The number of halogens is 3. The topological polar surface area (TPSA) is 67.4 Å². The Morgan fingerprint density at radius 1 is 0.967 bits per heavy atom. The van der Waals surface area contributed by atoms with Gasteiger partial charge in [-0.1, -0.05) is 23.2 Å². The van der Waals surface area contributed by atoms with Gasteiger partial charge >= 0.3 is 0 Å². The number of rotatable bonds is 6. The van der Waals surface area contributed by atoms with Crippen molar-refractivity contribution >= 4 is 35.0 Å². The number of amides is 2. The molecule has 5 nitrogen and oxygen atoms in total. The number of hydrogen-bond acceptors (Lipinski definition) is 3. The SMILES string of the molecule is O=C(COc1ccc(Cl)c(F)c1)NC1CC(NC(=O)c2ccc(Cl)cc2)C2CC1C2. The van der Waals surface area contributed by atoms with E-state index in [2.05, 4.69) is 10.6 Å². The molecule has 0 spiro atoms. The van der Waals surface area contributed by atoms with Crippen LogP contribution in [0.15, 0.2) is 42.5 Å². The van der Waals surface area contributed by atoms with E-state index in [9.17, 15) is 14.0 Å². The van der Waals surface area contributed by atoms with Gasteiger partial charge in [0.25, 0.3) is 11.8 Å². The molecule has 0 heterocycles. The van der Waals surface area contributed by atoms with Crippen molar-refractivity contribution in [3.8, 4) is 5.75 Å². The van der Waals surface area contributed by atoms with E-state index in [4.69, 9.17) is 27.9 Å². The fourth-order valence-corrected chi connectivity index (χ4v) is 4.44. The molecule has 30 heavy (non-hydrogen) atoms. The molecule has 2 N–H and O–H groups in total. The molecule has 0 aliphatic heterocycles. The molecule has 3 saturated carbocycles. The Kier molecular flexibility index (Phi) is 6.16. The maximum absolute atomic E-state index is 13.5. The lowest BCUT2D eigenvalue weighted by molar-refractivity contribution is -0.125. The van der Waals surface area contributed by atoms with Crippen LogP contribution >= 0.6 is 23.2 Å². The predicted molar refractivity (Wildman–Crippen MR) is 112 cm³/mol. The van der Waals surface area contributed by atoms with Gasteiger partial charge in [0, 0.05) is 28.7 Å². The van der Waals surface area contributed by atoms with Crippen LogP contribution in [0.4, 0.5) is 4.39 Å². The first-order valence-corrected chi connectivity index (χ1v) is 10.6. The third kappa shape index (κ3) is 4.71. The second-order valence-corrected chi connectivity index (χ2v) is 8.70. The normalized spacial score (nSPS) is 24.5. The lowest BCUT2D eigenvalue weighted by Crippen LogP contribution is -2.60. The van der Waals surface area contributed by atoms with Gasteiger partial charge in [0.1, 0.15) is 11.6 Å². The first kappa shape index (κ1) is 20.9. The molecule has 2 aromatic carbocycles. The van der Waals surface area contributed by atoms with E-state index in [1.807, 2.05) is 0 Å². The Balaban J connectivity index is 1.29. The highest BCUT2D eigenvalue weighted by Crippen LogP contribution is 2.45. The van der Waals surface area contributed by atoms with Crippen LogP contribution in [0.25, 0.3) is 0 Å². The zero-order valence-corrected chi connectivity index (χ0v) is 17.5. The second kappa shape index (κ2) is 8.82. The minimum absolute atomic E-state index is 0.000217. The number of ether oxygens (including phenoxy) is 1. The molecule has 3 aliphatic carbocycles. The van der Waals surface area contributed by atoms with Gasteiger partial charge in [-0.05, 0) is 67.5 Å².